The maximum Gasteiger partial charge on any atom is 0.308 e. The highest BCUT2D eigenvalue weighted by Crippen LogP contribution is 2.13. The highest BCUT2D eigenvalue weighted by molar-refractivity contribution is 5.92. The van der Waals surface area contributed by atoms with Gasteiger partial charge in [0.05, 0.1) is 18.4 Å². The van der Waals surface area contributed by atoms with Crippen molar-refractivity contribution in [2.24, 2.45) is 0 Å². The van der Waals surface area contributed by atoms with Crippen molar-refractivity contribution in [3.8, 4) is 5.75 Å². The molecule has 0 atom stereocenters. The van der Waals surface area contributed by atoms with E-state index >= 15 is 0 Å². The van der Waals surface area contributed by atoms with Gasteiger partial charge >= 0.3 is 5.97 Å². The number of aromatic hydroxyl groups is 1. The highest BCUT2D eigenvalue weighted by Gasteiger charge is 2.11. The summed E-state index contributed by atoms with van der Waals surface area (Å²) in [5.41, 5.74) is 0.595. The van der Waals surface area contributed by atoms with Crippen molar-refractivity contribution >= 4 is 28.5 Å². The number of fused-ring (bicyclic) bond motifs is 1. The Morgan fingerprint density at radius 1 is 1.11 bits per heavy atom. The van der Waals surface area contributed by atoms with Crippen LogP contribution in [0.5, 0.6) is 5.75 Å². The number of benzene rings is 2. The lowest BCUT2D eigenvalue weighted by atomic mass is 10.2. The monoisotopic (exact) mass is 368 g/mol. The number of esters is 1. The lowest BCUT2D eigenvalue weighted by molar-refractivity contribution is -0.147. The lowest BCUT2D eigenvalue weighted by Gasteiger charge is -2.07. The molecule has 3 aromatic rings. The van der Waals surface area contributed by atoms with Gasteiger partial charge in [0.1, 0.15) is 11.3 Å². The van der Waals surface area contributed by atoms with Gasteiger partial charge in [-0.15, -0.1) is 5.10 Å². The van der Waals surface area contributed by atoms with Gasteiger partial charge < -0.3 is 15.2 Å². The number of rotatable bonds is 6. The molecule has 9 heteroatoms. The smallest absolute Gasteiger partial charge is 0.308 e. The number of anilines is 1. The van der Waals surface area contributed by atoms with E-state index in [9.17, 15) is 19.5 Å². The van der Waals surface area contributed by atoms with Gasteiger partial charge in [0, 0.05) is 5.69 Å². The first-order valence-electron chi connectivity index (χ1n) is 8.10. The van der Waals surface area contributed by atoms with Crippen molar-refractivity contribution in [2.45, 2.75) is 13.0 Å². The van der Waals surface area contributed by atoms with Crippen molar-refractivity contribution in [1.82, 2.24) is 15.0 Å². The van der Waals surface area contributed by atoms with Gasteiger partial charge in [-0.2, -0.15) is 0 Å². The van der Waals surface area contributed by atoms with Crippen molar-refractivity contribution in [3.63, 3.8) is 0 Å². The molecule has 1 amide bonds. The van der Waals surface area contributed by atoms with Gasteiger partial charge in [-0.3, -0.25) is 14.4 Å². The van der Waals surface area contributed by atoms with E-state index in [1.807, 2.05) is 0 Å². The van der Waals surface area contributed by atoms with E-state index in [0.717, 1.165) is 4.68 Å². The molecule has 1 heterocycles. The highest BCUT2D eigenvalue weighted by atomic mass is 16.5. The zero-order valence-electron chi connectivity index (χ0n) is 14.2. The minimum absolute atomic E-state index is 0.00488. The first-order chi connectivity index (χ1) is 13.0. The maximum absolute atomic E-state index is 12.3. The fourth-order valence-corrected chi connectivity index (χ4v) is 2.33. The van der Waals surface area contributed by atoms with Gasteiger partial charge in [-0.05, 0) is 36.4 Å². The zero-order chi connectivity index (χ0) is 19.2. The summed E-state index contributed by atoms with van der Waals surface area (Å²) in [6, 6.07) is 12.6. The molecule has 3 rings (SSSR count). The van der Waals surface area contributed by atoms with Crippen LogP contribution in [-0.2, 0) is 20.9 Å². The summed E-state index contributed by atoms with van der Waals surface area (Å²) in [6.07, 6.45) is -0.126. The number of hydrogen-bond acceptors (Lipinski definition) is 7. The summed E-state index contributed by atoms with van der Waals surface area (Å²) in [5, 5.41) is 19.8. The second kappa shape index (κ2) is 8.09. The van der Waals surface area contributed by atoms with E-state index in [4.69, 9.17) is 4.74 Å². The van der Waals surface area contributed by atoms with Crippen LogP contribution in [0.1, 0.15) is 6.42 Å². The molecule has 27 heavy (non-hydrogen) atoms. The molecule has 1 aromatic heterocycles. The number of carbonyl (C=O) groups excluding carboxylic acids is 2. The molecule has 0 saturated carbocycles. The Morgan fingerprint density at radius 3 is 2.63 bits per heavy atom. The number of nitrogens with one attached hydrogen (secondary N) is 1. The molecular formula is C18H16N4O5. The van der Waals surface area contributed by atoms with Gasteiger partial charge in [0.2, 0.25) is 0 Å². The van der Waals surface area contributed by atoms with Crippen LogP contribution in [0.15, 0.2) is 53.3 Å². The van der Waals surface area contributed by atoms with Crippen molar-refractivity contribution in [2.75, 3.05) is 11.9 Å². The SMILES string of the molecule is O=C(COC(=O)CCn1nnc2ccccc2c1=O)Nc1ccc(O)cc1. The molecule has 9 nitrogen and oxygen atoms in total. The van der Waals surface area contributed by atoms with Crippen LogP contribution < -0.4 is 10.9 Å². The Hall–Kier alpha value is -3.75. The summed E-state index contributed by atoms with van der Waals surface area (Å²) < 4.78 is 5.97. The Morgan fingerprint density at radius 2 is 1.85 bits per heavy atom. The molecule has 2 aromatic carbocycles. The largest absolute Gasteiger partial charge is 0.508 e. The number of ether oxygens (including phenoxy) is 1. The van der Waals surface area contributed by atoms with Crippen LogP contribution in [0.4, 0.5) is 5.69 Å². The summed E-state index contributed by atoms with van der Waals surface area (Å²) >= 11 is 0. The van der Waals surface area contributed by atoms with Gasteiger partial charge in [-0.25, -0.2) is 4.68 Å². The fraction of sp³-hybridized carbons (Fsp3) is 0.167. The predicted molar refractivity (Wildman–Crippen MR) is 96.1 cm³/mol. The minimum Gasteiger partial charge on any atom is -0.508 e. The van der Waals surface area contributed by atoms with E-state index < -0.39 is 18.5 Å². The van der Waals surface area contributed by atoms with Gasteiger partial charge in [0.15, 0.2) is 6.61 Å². The Balaban J connectivity index is 1.50. The van der Waals surface area contributed by atoms with Crippen LogP contribution in [-0.4, -0.2) is 38.6 Å². The van der Waals surface area contributed by atoms with Gasteiger partial charge in [0.25, 0.3) is 11.5 Å². The molecule has 138 valence electrons. The van der Waals surface area contributed by atoms with Gasteiger partial charge in [-0.1, -0.05) is 17.3 Å². The number of aromatic nitrogens is 3. The molecule has 0 aliphatic rings. The number of phenols is 1. The third-order valence-electron chi connectivity index (χ3n) is 3.67. The second-order valence-corrected chi connectivity index (χ2v) is 5.64. The summed E-state index contributed by atoms with van der Waals surface area (Å²) in [4.78, 5) is 35.8. The molecule has 0 aliphatic heterocycles. The number of phenolic OH excluding ortho intramolecular Hbond substituents is 1. The fourth-order valence-electron chi connectivity index (χ4n) is 2.33. The van der Waals surface area contributed by atoms with E-state index in [2.05, 4.69) is 15.6 Å². The molecule has 0 bridgehead atoms. The Labute approximate surface area is 153 Å². The van der Waals surface area contributed by atoms with Crippen LogP contribution in [0.25, 0.3) is 10.9 Å². The topological polar surface area (TPSA) is 123 Å². The molecule has 0 unspecified atom stereocenters. The summed E-state index contributed by atoms with van der Waals surface area (Å²) in [7, 11) is 0. The van der Waals surface area contributed by atoms with Crippen LogP contribution in [0, 0.1) is 0 Å². The number of hydrogen-bond donors (Lipinski definition) is 2. The quantitative estimate of drug-likeness (QED) is 0.493. The number of amides is 1. The summed E-state index contributed by atoms with van der Waals surface area (Å²) in [5.74, 6) is -1.08. The van der Waals surface area contributed by atoms with E-state index in [1.54, 1.807) is 24.3 Å². The van der Waals surface area contributed by atoms with E-state index in [-0.39, 0.29) is 24.3 Å². The van der Waals surface area contributed by atoms with E-state index in [0.29, 0.717) is 16.6 Å². The Kier molecular flexibility index (Phi) is 5.41. The number of aryl methyl sites for hydroxylation is 1. The third-order valence-corrected chi connectivity index (χ3v) is 3.67. The molecule has 0 saturated heterocycles. The molecule has 2 N–H and O–H groups in total. The molecule has 0 spiro atoms. The normalized spacial score (nSPS) is 10.5. The molecule has 0 radical (unpaired) electrons. The van der Waals surface area contributed by atoms with Crippen LogP contribution in [0.2, 0.25) is 0 Å². The number of nitrogens with zero attached hydrogens (tertiary/aromatic N) is 3. The number of carbonyl (C=O) groups is 2. The van der Waals surface area contributed by atoms with Crippen molar-refractivity contribution < 1.29 is 19.4 Å². The lowest BCUT2D eigenvalue weighted by Crippen LogP contribution is -2.26. The molecule has 0 aliphatic carbocycles. The average molecular weight is 368 g/mol. The van der Waals surface area contributed by atoms with Crippen molar-refractivity contribution in [1.29, 1.82) is 0 Å². The molecule has 0 fully saturated rings. The van der Waals surface area contributed by atoms with Crippen molar-refractivity contribution in [3.05, 3.63) is 58.9 Å². The first-order valence-corrected chi connectivity index (χ1v) is 8.10. The molecular weight excluding hydrogens is 352 g/mol. The Bertz CT molecular complexity index is 1030. The predicted octanol–water partition coefficient (Wildman–Crippen LogP) is 1.07. The average Bonchev–Trinajstić information content (AvgIpc) is 2.68. The standard InChI is InChI=1S/C18H16N4O5/c23-13-7-5-12(6-8-13)19-16(24)11-27-17(25)9-10-22-18(26)14-3-1-2-4-15(14)20-21-22/h1-8,23H,9-11H2,(H,19,24). The van der Waals surface area contributed by atoms with Crippen LogP contribution >= 0.6 is 0 Å². The minimum atomic E-state index is -0.641. The second-order valence-electron chi connectivity index (χ2n) is 5.64. The van der Waals surface area contributed by atoms with Crippen LogP contribution in [0.3, 0.4) is 0 Å². The first kappa shape index (κ1) is 18.1. The summed E-state index contributed by atoms with van der Waals surface area (Å²) in [6.45, 7) is -0.465. The maximum atomic E-state index is 12.3. The zero-order valence-corrected chi connectivity index (χ0v) is 14.2. The third kappa shape index (κ3) is 4.66. The van der Waals surface area contributed by atoms with E-state index in [1.165, 1.54) is 24.3 Å².